The number of hydrogen-bond acceptors (Lipinski definition) is 14. The fourth-order valence-corrected chi connectivity index (χ4v) is 12.3. The molecule has 1 amide bonds. The van der Waals surface area contributed by atoms with Gasteiger partial charge in [0, 0.05) is 92.7 Å². The Morgan fingerprint density at radius 1 is 0.972 bits per heavy atom. The molecule has 4 N–H and O–H groups in total. The summed E-state index contributed by atoms with van der Waals surface area (Å²) in [5.41, 5.74) is 4.40. The standard InChI is InChI=1S/C54H63N9O8S/c1-35(2)44-7-5-6-8-45(44)49-32-60(31-38-9-11-41(70-4)29-56-38)21-22-62(49)40-26-54(27-40)33-61(34-54)39-10-13-46(50(24-39)71-42-23-37-17-20-55-51(37)58-30-42)52(64)59-72(68,69)43-12-14-47(48(25-43)63(66)67)57-28-36-15-18-53(3,65)19-16-36/h5-14,17,20,23-25,29-30,35-36,40,49,57,65H,15-16,18-19,21-22,26-28,31-34H2,1-4H3,(H,55,58)(H,59,64)/t36?,49-,53?/m0/s1. The second-order valence-electron chi connectivity index (χ2n) is 20.9. The first-order valence-electron chi connectivity index (χ1n) is 24.9. The summed E-state index contributed by atoms with van der Waals surface area (Å²) in [6.45, 7) is 12.0. The number of nitrogens with zero attached hydrogens (tertiary/aromatic N) is 6. The number of aromatic nitrogens is 3. The summed E-state index contributed by atoms with van der Waals surface area (Å²) < 4.78 is 41.5. The van der Waals surface area contributed by atoms with Crippen LogP contribution in [0.5, 0.6) is 17.2 Å². The lowest BCUT2D eigenvalue weighted by Gasteiger charge is -2.63. The van der Waals surface area contributed by atoms with Crippen LogP contribution in [0.1, 0.15) is 98.4 Å². The molecule has 0 unspecified atom stereocenters. The Morgan fingerprint density at radius 2 is 1.75 bits per heavy atom. The maximum atomic E-state index is 14.1. The highest BCUT2D eigenvalue weighted by Gasteiger charge is 2.55. The van der Waals surface area contributed by atoms with Crippen LogP contribution in [0.3, 0.4) is 0 Å². The number of hydrogen-bond donors (Lipinski definition) is 4. The van der Waals surface area contributed by atoms with E-state index >= 15 is 0 Å². The molecule has 17 nitrogen and oxygen atoms in total. The highest BCUT2D eigenvalue weighted by Crippen LogP contribution is 2.54. The number of anilines is 2. The van der Waals surface area contributed by atoms with Crippen LogP contribution < -0.4 is 24.4 Å². The van der Waals surface area contributed by atoms with Gasteiger partial charge in [0.25, 0.3) is 21.6 Å². The van der Waals surface area contributed by atoms with Gasteiger partial charge >= 0.3 is 0 Å². The number of carbonyl (C=O) groups excluding carboxylic acids is 1. The van der Waals surface area contributed by atoms with Gasteiger partial charge in [0.1, 0.15) is 28.6 Å². The van der Waals surface area contributed by atoms with Crippen molar-refractivity contribution in [1.82, 2.24) is 29.5 Å². The molecule has 2 aliphatic carbocycles. The first-order valence-corrected chi connectivity index (χ1v) is 26.4. The number of benzene rings is 3. The average molecular weight is 998 g/mol. The lowest BCUT2D eigenvalue weighted by molar-refractivity contribution is -0.384. The molecule has 6 aromatic rings. The number of aromatic amines is 1. The quantitative estimate of drug-likeness (QED) is 0.0528. The van der Waals surface area contributed by atoms with E-state index < -0.39 is 37.0 Å². The highest BCUT2D eigenvalue weighted by molar-refractivity contribution is 7.90. The van der Waals surface area contributed by atoms with Crippen molar-refractivity contribution in [2.24, 2.45) is 11.3 Å². The molecule has 4 fully saturated rings. The van der Waals surface area contributed by atoms with Crippen molar-refractivity contribution in [3.05, 3.63) is 136 Å². The van der Waals surface area contributed by atoms with E-state index in [1.165, 1.54) is 29.5 Å². The predicted octanol–water partition coefficient (Wildman–Crippen LogP) is 8.79. The van der Waals surface area contributed by atoms with Gasteiger partial charge in [-0.15, -0.1) is 0 Å². The summed E-state index contributed by atoms with van der Waals surface area (Å²) in [7, 11) is -2.94. The molecule has 72 heavy (non-hydrogen) atoms. The Bertz CT molecular complexity index is 3070. The Labute approximate surface area is 420 Å². The smallest absolute Gasteiger partial charge is 0.293 e. The first-order chi connectivity index (χ1) is 34.5. The number of nitro benzene ring substituents is 1. The van der Waals surface area contributed by atoms with Crippen LogP contribution in [0.25, 0.3) is 11.0 Å². The SMILES string of the molecule is COc1ccc(CN2CCN(C3CC4(C3)CN(c3ccc(C(=O)NS(=O)(=O)c5ccc(NCC6CCC(C)(O)CC6)c([N+](=O)[O-])c5)c(Oc5cnc6[nH]ccc6c5)c3)C4)[C@H](c3ccccc3C(C)C)C2)nc1. The third-order valence-electron chi connectivity index (χ3n) is 15.4. The fourth-order valence-electron chi connectivity index (χ4n) is 11.3. The number of pyridine rings is 2. The number of carbonyl (C=O) groups is 1. The summed E-state index contributed by atoms with van der Waals surface area (Å²) in [5, 5.41) is 26.5. The molecular formula is C54H63N9O8S. The van der Waals surface area contributed by atoms with Crippen molar-refractivity contribution in [3.8, 4) is 17.2 Å². The lowest BCUT2D eigenvalue weighted by Crippen LogP contribution is -2.68. The van der Waals surface area contributed by atoms with E-state index in [0.29, 0.717) is 42.7 Å². The average Bonchev–Trinajstić information content (AvgIpc) is 3.81. The van der Waals surface area contributed by atoms with Gasteiger partial charge in [0.2, 0.25) is 0 Å². The van der Waals surface area contributed by atoms with Crippen molar-refractivity contribution < 1.29 is 32.7 Å². The largest absolute Gasteiger partial charge is 0.495 e. The predicted molar refractivity (Wildman–Crippen MR) is 275 cm³/mol. The van der Waals surface area contributed by atoms with Crippen LogP contribution in [0.4, 0.5) is 17.1 Å². The van der Waals surface area contributed by atoms with Crippen molar-refractivity contribution >= 4 is 44.0 Å². The normalized spacial score (nSPS) is 21.6. The van der Waals surface area contributed by atoms with Crippen LogP contribution in [-0.2, 0) is 16.6 Å². The Balaban J connectivity index is 0.839. The van der Waals surface area contributed by atoms with E-state index in [1.54, 1.807) is 43.8 Å². The molecule has 3 aromatic carbocycles. The maximum absolute atomic E-state index is 14.1. The number of amides is 1. The van der Waals surface area contributed by atoms with Gasteiger partial charge in [-0.2, -0.15) is 0 Å². The third-order valence-corrected chi connectivity index (χ3v) is 16.7. The number of rotatable bonds is 16. The van der Waals surface area contributed by atoms with E-state index in [2.05, 4.69) is 77.8 Å². The number of H-pyrrole nitrogens is 1. The van der Waals surface area contributed by atoms with Gasteiger partial charge in [-0.25, -0.2) is 18.1 Å². The first kappa shape index (κ1) is 49.0. The minimum Gasteiger partial charge on any atom is -0.495 e. The van der Waals surface area contributed by atoms with Crippen molar-refractivity contribution in [1.29, 1.82) is 0 Å². The van der Waals surface area contributed by atoms with Crippen LogP contribution in [0.2, 0.25) is 0 Å². The van der Waals surface area contributed by atoms with Gasteiger partial charge in [-0.3, -0.25) is 29.7 Å². The van der Waals surface area contributed by atoms with Crippen LogP contribution in [0.15, 0.2) is 108 Å². The number of fused-ring (bicyclic) bond motifs is 1. The summed E-state index contributed by atoms with van der Waals surface area (Å²) in [6.07, 6.45) is 9.99. The lowest BCUT2D eigenvalue weighted by atomic mass is 9.59. The molecule has 2 aliphatic heterocycles. The van der Waals surface area contributed by atoms with Gasteiger partial charge in [0.05, 0.1) is 46.2 Å². The zero-order valence-corrected chi connectivity index (χ0v) is 42.0. The van der Waals surface area contributed by atoms with Crippen LogP contribution in [0, 0.1) is 21.4 Å². The number of nitro groups is 1. The third kappa shape index (κ3) is 10.4. The van der Waals surface area contributed by atoms with Crippen LogP contribution >= 0.6 is 0 Å². The van der Waals surface area contributed by atoms with Crippen LogP contribution in [-0.4, -0.2) is 107 Å². The molecule has 378 valence electrons. The molecule has 0 radical (unpaired) electrons. The Hall–Kier alpha value is -6.60. The number of methoxy groups -OCH3 is 1. The summed E-state index contributed by atoms with van der Waals surface area (Å²) >= 11 is 0. The molecule has 5 heterocycles. The Morgan fingerprint density at radius 3 is 2.49 bits per heavy atom. The second-order valence-corrected chi connectivity index (χ2v) is 22.6. The number of nitrogens with one attached hydrogen (secondary N) is 3. The minimum absolute atomic E-state index is 0.0377. The van der Waals surface area contributed by atoms with Gasteiger partial charge in [-0.05, 0) is 117 Å². The molecule has 10 rings (SSSR count). The maximum Gasteiger partial charge on any atom is 0.293 e. The number of piperazine rings is 1. The topological polar surface area (TPSA) is 208 Å². The molecule has 1 spiro atoms. The second kappa shape index (κ2) is 19.8. The Kier molecular flexibility index (Phi) is 13.5. The van der Waals surface area contributed by atoms with E-state index in [0.717, 1.165) is 93.5 Å². The minimum atomic E-state index is -4.59. The van der Waals surface area contributed by atoms with Gasteiger partial charge in [-0.1, -0.05) is 38.1 Å². The van der Waals surface area contributed by atoms with E-state index in [1.807, 2.05) is 25.1 Å². The number of ether oxygens (including phenoxy) is 2. The molecule has 1 atom stereocenters. The van der Waals surface area contributed by atoms with Gasteiger partial charge in [0.15, 0.2) is 0 Å². The fraction of sp³-hybridized carbons (Fsp3) is 0.426. The summed E-state index contributed by atoms with van der Waals surface area (Å²) in [4.78, 5) is 44.9. The van der Waals surface area contributed by atoms with Crippen molar-refractivity contribution in [2.75, 3.05) is 56.6 Å². The molecule has 4 aliphatic rings. The summed E-state index contributed by atoms with van der Waals surface area (Å²) in [5.74, 6) is 0.862. The molecular weight excluding hydrogens is 935 g/mol. The molecule has 2 saturated heterocycles. The van der Waals surface area contributed by atoms with E-state index in [-0.39, 0.29) is 34.4 Å². The summed E-state index contributed by atoms with van der Waals surface area (Å²) in [6, 6.07) is 25.9. The molecule has 18 heteroatoms. The zero-order chi connectivity index (χ0) is 50.4. The van der Waals surface area contributed by atoms with Crippen molar-refractivity contribution in [3.63, 3.8) is 0 Å². The number of sulfonamides is 1. The van der Waals surface area contributed by atoms with E-state index in [9.17, 15) is 28.4 Å². The molecule has 0 bridgehead atoms. The van der Waals surface area contributed by atoms with Gasteiger partial charge < -0.3 is 29.8 Å². The van der Waals surface area contributed by atoms with Crippen molar-refractivity contribution in [2.45, 2.75) is 94.3 Å². The number of aliphatic hydroxyl groups is 1. The van der Waals surface area contributed by atoms with E-state index in [4.69, 9.17) is 9.47 Å². The molecule has 3 aromatic heterocycles. The monoisotopic (exact) mass is 997 g/mol. The highest BCUT2D eigenvalue weighted by atomic mass is 32.2. The zero-order valence-electron chi connectivity index (χ0n) is 41.2. The molecule has 2 saturated carbocycles.